The van der Waals surface area contributed by atoms with Crippen molar-refractivity contribution in [3.63, 3.8) is 0 Å². The van der Waals surface area contributed by atoms with E-state index in [-0.39, 0.29) is 0 Å². The van der Waals surface area contributed by atoms with Crippen LogP contribution in [0.5, 0.6) is 0 Å². The monoisotopic (exact) mass is 274 g/mol. The van der Waals surface area contributed by atoms with Crippen LogP contribution in [-0.2, 0) is 0 Å². The van der Waals surface area contributed by atoms with E-state index in [1.165, 1.54) is 25.1 Å². The molecular formula is C14H18N4S. The van der Waals surface area contributed by atoms with Crippen molar-refractivity contribution in [3.8, 4) is 0 Å². The first-order valence-electron chi connectivity index (χ1n) is 6.58. The third-order valence-corrected chi connectivity index (χ3v) is 4.31. The summed E-state index contributed by atoms with van der Waals surface area (Å²) in [5.74, 6) is 0.853. The van der Waals surface area contributed by atoms with E-state index >= 15 is 0 Å². The summed E-state index contributed by atoms with van der Waals surface area (Å²) in [7, 11) is 2.17. The number of aromatic nitrogens is 2. The van der Waals surface area contributed by atoms with E-state index in [4.69, 9.17) is 0 Å². The van der Waals surface area contributed by atoms with Gasteiger partial charge in [0.05, 0.1) is 11.7 Å². The fourth-order valence-electron chi connectivity index (χ4n) is 2.43. The minimum atomic E-state index is 0.484. The van der Waals surface area contributed by atoms with Crippen LogP contribution >= 0.6 is 11.3 Å². The second kappa shape index (κ2) is 5.27. The fraction of sp³-hybridized carbons (Fsp3) is 0.429. The van der Waals surface area contributed by atoms with Gasteiger partial charge in [0.15, 0.2) is 5.13 Å². The van der Waals surface area contributed by atoms with E-state index in [0.29, 0.717) is 6.04 Å². The van der Waals surface area contributed by atoms with Crippen LogP contribution in [0.3, 0.4) is 0 Å². The molecule has 3 rings (SSSR count). The maximum atomic E-state index is 4.69. The summed E-state index contributed by atoms with van der Waals surface area (Å²) in [6.45, 7) is 3.21. The third kappa shape index (κ3) is 2.77. The molecule has 2 aromatic heterocycles. The van der Waals surface area contributed by atoms with Crippen molar-refractivity contribution in [3.05, 3.63) is 35.0 Å². The van der Waals surface area contributed by atoms with Crippen LogP contribution in [0.2, 0.25) is 0 Å². The highest BCUT2D eigenvalue weighted by Gasteiger charge is 2.24. The molecule has 100 valence electrons. The SMILES string of the molecule is Cc1ccc(Nc2nc([C@@H]3CCCN3C)cs2)nc1. The second-order valence-corrected chi connectivity index (χ2v) is 5.92. The smallest absolute Gasteiger partial charge is 0.188 e. The van der Waals surface area contributed by atoms with Gasteiger partial charge in [-0.15, -0.1) is 11.3 Å². The Bertz CT molecular complexity index is 549. The molecule has 0 amide bonds. The summed E-state index contributed by atoms with van der Waals surface area (Å²) in [5.41, 5.74) is 2.34. The Morgan fingerprint density at radius 1 is 1.42 bits per heavy atom. The van der Waals surface area contributed by atoms with Gasteiger partial charge in [-0.2, -0.15) is 0 Å². The molecule has 1 N–H and O–H groups in total. The largest absolute Gasteiger partial charge is 0.316 e. The Kier molecular flexibility index (Phi) is 3.48. The molecule has 0 spiro atoms. The molecule has 1 saturated heterocycles. The first kappa shape index (κ1) is 12.6. The molecule has 5 heteroatoms. The van der Waals surface area contributed by atoms with Crippen LogP contribution in [-0.4, -0.2) is 28.5 Å². The predicted molar refractivity (Wildman–Crippen MR) is 79.0 cm³/mol. The molecule has 3 heterocycles. The molecule has 2 aromatic rings. The number of likely N-dealkylation sites (tertiary alicyclic amines) is 1. The molecule has 1 fully saturated rings. The molecule has 4 nitrogen and oxygen atoms in total. The van der Waals surface area contributed by atoms with E-state index in [1.54, 1.807) is 11.3 Å². The van der Waals surface area contributed by atoms with E-state index in [2.05, 4.69) is 38.7 Å². The van der Waals surface area contributed by atoms with Gasteiger partial charge in [-0.3, -0.25) is 4.90 Å². The normalized spacial score (nSPS) is 19.8. The summed E-state index contributed by atoms with van der Waals surface area (Å²) < 4.78 is 0. The van der Waals surface area contributed by atoms with Crippen molar-refractivity contribution < 1.29 is 0 Å². The zero-order valence-electron chi connectivity index (χ0n) is 11.3. The Balaban J connectivity index is 1.72. The first-order valence-corrected chi connectivity index (χ1v) is 7.46. The second-order valence-electron chi connectivity index (χ2n) is 5.06. The van der Waals surface area contributed by atoms with Crippen molar-refractivity contribution in [2.24, 2.45) is 0 Å². The average Bonchev–Trinajstić information content (AvgIpc) is 3.01. The highest BCUT2D eigenvalue weighted by atomic mass is 32.1. The van der Waals surface area contributed by atoms with Crippen LogP contribution in [0, 0.1) is 6.92 Å². The fourth-order valence-corrected chi connectivity index (χ4v) is 3.20. The molecule has 1 aliphatic heterocycles. The van der Waals surface area contributed by atoms with Crippen LogP contribution in [0.1, 0.15) is 30.1 Å². The summed E-state index contributed by atoms with van der Waals surface area (Å²) >= 11 is 1.65. The number of nitrogens with zero attached hydrogens (tertiary/aromatic N) is 3. The van der Waals surface area contributed by atoms with Gasteiger partial charge in [0, 0.05) is 11.6 Å². The molecule has 0 saturated carbocycles. The van der Waals surface area contributed by atoms with E-state index < -0.39 is 0 Å². The van der Waals surface area contributed by atoms with Crippen LogP contribution < -0.4 is 5.32 Å². The summed E-state index contributed by atoms with van der Waals surface area (Å²) in [6.07, 6.45) is 4.34. The van der Waals surface area contributed by atoms with Gasteiger partial charge in [-0.25, -0.2) is 9.97 Å². The van der Waals surface area contributed by atoms with Crippen molar-refractivity contribution in [2.75, 3.05) is 18.9 Å². The lowest BCUT2D eigenvalue weighted by Crippen LogP contribution is -2.17. The lowest BCUT2D eigenvalue weighted by atomic mass is 10.2. The molecule has 0 unspecified atom stereocenters. The van der Waals surface area contributed by atoms with Crippen molar-refractivity contribution in [1.29, 1.82) is 0 Å². The molecule has 0 radical (unpaired) electrons. The number of nitrogens with one attached hydrogen (secondary N) is 1. The van der Waals surface area contributed by atoms with Gasteiger partial charge < -0.3 is 5.32 Å². The molecule has 19 heavy (non-hydrogen) atoms. The minimum absolute atomic E-state index is 0.484. The van der Waals surface area contributed by atoms with E-state index in [0.717, 1.165) is 16.5 Å². The van der Waals surface area contributed by atoms with Crippen molar-refractivity contribution in [1.82, 2.24) is 14.9 Å². The maximum absolute atomic E-state index is 4.69. The third-order valence-electron chi connectivity index (χ3n) is 3.53. The van der Waals surface area contributed by atoms with E-state index in [9.17, 15) is 0 Å². The van der Waals surface area contributed by atoms with Crippen LogP contribution in [0.4, 0.5) is 10.9 Å². The number of hydrogen-bond acceptors (Lipinski definition) is 5. The van der Waals surface area contributed by atoms with Gasteiger partial charge in [0.25, 0.3) is 0 Å². The maximum Gasteiger partial charge on any atom is 0.188 e. The summed E-state index contributed by atoms with van der Waals surface area (Å²) in [4.78, 5) is 11.4. The number of aryl methyl sites for hydroxylation is 1. The summed E-state index contributed by atoms with van der Waals surface area (Å²) in [6, 6.07) is 4.52. The molecule has 0 aliphatic carbocycles. The predicted octanol–water partition coefficient (Wildman–Crippen LogP) is 3.36. The molecule has 0 aromatic carbocycles. The number of anilines is 2. The molecule has 1 atom stereocenters. The van der Waals surface area contributed by atoms with Crippen molar-refractivity contribution in [2.45, 2.75) is 25.8 Å². The number of hydrogen-bond donors (Lipinski definition) is 1. The highest BCUT2D eigenvalue weighted by molar-refractivity contribution is 7.13. The Morgan fingerprint density at radius 2 is 2.32 bits per heavy atom. The molecular weight excluding hydrogens is 256 g/mol. The Morgan fingerprint density at radius 3 is 3.00 bits per heavy atom. The first-order chi connectivity index (χ1) is 9.22. The van der Waals surface area contributed by atoms with Gasteiger partial charge in [0.2, 0.25) is 0 Å². The minimum Gasteiger partial charge on any atom is -0.316 e. The lowest BCUT2D eigenvalue weighted by Gasteiger charge is -2.16. The van der Waals surface area contributed by atoms with Crippen LogP contribution in [0.25, 0.3) is 0 Å². The highest BCUT2D eigenvalue weighted by Crippen LogP contribution is 2.32. The zero-order chi connectivity index (χ0) is 13.2. The Hall–Kier alpha value is -1.46. The molecule has 0 bridgehead atoms. The number of rotatable bonds is 3. The summed E-state index contributed by atoms with van der Waals surface area (Å²) in [5, 5.41) is 6.35. The van der Waals surface area contributed by atoms with Gasteiger partial charge in [-0.05, 0) is 45.0 Å². The zero-order valence-corrected chi connectivity index (χ0v) is 12.1. The Labute approximate surface area is 117 Å². The van der Waals surface area contributed by atoms with Gasteiger partial charge in [-0.1, -0.05) is 6.07 Å². The van der Waals surface area contributed by atoms with Gasteiger partial charge in [0.1, 0.15) is 5.82 Å². The van der Waals surface area contributed by atoms with Crippen molar-refractivity contribution >= 4 is 22.3 Å². The van der Waals surface area contributed by atoms with E-state index in [1.807, 2.05) is 19.2 Å². The topological polar surface area (TPSA) is 41.1 Å². The number of thiazole rings is 1. The quantitative estimate of drug-likeness (QED) is 0.932. The van der Waals surface area contributed by atoms with Gasteiger partial charge >= 0.3 is 0 Å². The van der Waals surface area contributed by atoms with Crippen LogP contribution in [0.15, 0.2) is 23.7 Å². The number of pyridine rings is 1. The standard InChI is InChI=1S/C14H18N4S/c1-10-5-6-13(15-8-10)17-14-16-11(9-19-14)12-4-3-7-18(12)2/h5-6,8-9,12H,3-4,7H2,1-2H3,(H,15,16,17)/t12-/m0/s1. The average molecular weight is 274 g/mol. The lowest BCUT2D eigenvalue weighted by molar-refractivity contribution is 0.313. The molecule has 1 aliphatic rings.